The highest BCUT2D eigenvalue weighted by Gasteiger charge is 2.21. The van der Waals surface area contributed by atoms with E-state index in [1.807, 2.05) is 12.1 Å². The van der Waals surface area contributed by atoms with Gasteiger partial charge in [0.15, 0.2) is 17.4 Å². The first-order valence-corrected chi connectivity index (χ1v) is 15.0. The molecule has 1 nitrogen and oxygen atoms in total. The van der Waals surface area contributed by atoms with Gasteiger partial charge in [0.2, 0.25) is 5.82 Å². The van der Waals surface area contributed by atoms with Crippen LogP contribution in [0.25, 0.3) is 22.3 Å². The SMILES string of the molecule is CCCCCCCCCCOc1cc(-c2ccc(-c3ccc(CCCCCCC)cc3)cc2)c(F)c(F)c1F. The van der Waals surface area contributed by atoms with Gasteiger partial charge >= 0.3 is 0 Å². The fraction of sp³-hybridized carbons (Fsp3) is 0.486. The molecule has 0 atom stereocenters. The summed E-state index contributed by atoms with van der Waals surface area (Å²) < 4.78 is 49.1. The van der Waals surface area contributed by atoms with E-state index in [4.69, 9.17) is 4.74 Å². The van der Waals surface area contributed by atoms with Crippen LogP contribution in [0.15, 0.2) is 54.6 Å². The number of benzene rings is 3. The molecule has 3 aromatic rings. The average Bonchev–Trinajstić information content (AvgIpc) is 2.96. The zero-order valence-electron chi connectivity index (χ0n) is 23.8. The van der Waals surface area contributed by atoms with Gasteiger partial charge in [0.25, 0.3) is 0 Å². The molecule has 0 aliphatic heterocycles. The van der Waals surface area contributed by atoms with E-state index in [0.29, 0.717) is 5.56 Å². The summed E-state index contributed by atoms with van der Waals surface area (Å²) >= 11 is 0. The fourth-order valence-corrected chi connectivity index (χ4v) is 4.95. The lowest BCUT2D eigenvalue weighted by Gasteiger charge is -2.12. The lowest BCUT2D eigenvalue weighted by molar-refractivity contribution is 0.282. The normalized spacial score (nSPS) is 11.2. The molecule has 212 valence electrons. The summed E-state index contributed by atoms with van der Waals surface area (Å²) in [6.07, 6.45) is 16.4. The molecule has 3 rings (SSSR count). The first kappa shape index (κ1) is 30.8. The molecule has 0 heterocycles. The summed E-state index contributed by atoms with van der Waals surface area (Å²) in [5, 5.41) is 0. The topological polar surface area (TPSA) is 9.23 Å². The molecule has 0 saturated heterocycles. The van der Waals surface area contributed by atoms with E-state index in [-0.39, 0.29) is 17.9 Å². The monoisotopic (exact) mass is 538 g/mol. The summed E-state index contributed by atoms with van der Waals surface area (Å²) in [6, 6.07) is 17.1. The summed E-state index contributed by atoms with van der Waals surface area (Å²) in [4.78, 5) is 0. The highest BCUT2D eigenvalue weighted by Crippen LogP contribution is 2.33. The summed E-state index contributed by atoms with van der Waals surface area (Å²) in [5.74, 6) is -4.19. The molecule has 0 amide bonds. The molecule has 4 heteroatoms. The van der Waals surface area contributed by atoms with E-state index >= 15 is 0 Å². The van der Waals surface area contributed by atoms with Crippen LogP contribution >= 0.6 is 0 Å². The molecule has 3 aromatic carbocycles. The van der Waals surface area contributed by atoms with Crippen molar-refractivity contribution in [3.8, 4) is 28.0 Å². The third kappa shape index (κ3) is 9.74. The predicted octanol–water partition coefficient (Wildman–Crippen LogP) is 11.5. The minimum atomic E-state index is -1.49. The molecule has 0 bridgehead atoms. The molecule has 0 unspecified atom stereocenters. The Morgan fingerprint density at radius 1 is 0.513 bits per heavy atom. The number of halogens is 3. The Bertz CT molecular complexity index is 1110. The largest absolute Gasteiger partial charge is 0.490 e. The molecule has 0 N–H and O–H groups in total. The predicted molar refractivity (Wildman–Crippen MR) is 158 cm³/mol. The van der Waals surface area contributed by atoms with E-state index in [0.717, 1.165) is 36.8 Å². The van der Waals surface area contributed by atoms with Crippen LogP contribution in [0.1, 0.15) is 103 Å². The Kier molecular flexibility index (Phi) is 13.5. The number of aryl methyl sites for hydroxylation is 1. The maximum Gasteiger partial charge on any atom is 0.203 e. The highest BCUT2D eigenvalue weighted by molar-refractivity contribution is 5.71. The van der Waals surface area contributed by atoms with E-state index < -0.39 is 17.5 Å². The van der Waals surface area contributed by atoms with Gasteiger partial charge in [-0.15, -0.1) is 0 Å². The van der Waals surface area contributed by atoms with Gasteiger partial charge in [0.05, 0.1) is 6.61 Å². The number of ether oxygens (including phenoxy) is 1. The lowest BCUT2D eigenvalue weighted by atomic mass is 9.98. The molecule has 0 spiro atoms. The van der Waals surface area contributed by atoms with Gasteiger partial charge in [0.1, 0.15) is 0 Å². The fourth-order valence-electron chi connectivity index (χ4n) is 4.95. The summed E-state index contributed by atoms with van der Waals surface area (Å²) in [6.45, 7) is 4.71. The van der Waals surface area contributed by atoms with Crippen LogP contribution in [0.5, 0.6) is 5.75 Å². The van der Waals surface area contributed by atoms with E-state index in [1.165, 1.54) is 75.8 Å². The molecular formula is C35H45F3O. The minimum absolute atomic E-state index is 0.00444. The molecule has 0 aromatic heterocycles. The van der Waals surface area contributed by atoms with Gasteiger partial charge in [0, 0.05) is 5.56 Å². The van der Waals surface area contributed by atoms with Crippen molar-refractivity contribution in [1.82, 2.24) is 0 Å². The van der Waals surface area contributed by atoms with Crippen LogP contribution in [0, 0.1) is 17.5 Å². The smallest absolute Gasteiger partial charge is 0.203 e. The Hall–Kier alpha value is -2.75. The molecule has 0 aliphatic carbocycles. The molecule has 0 fully saturated rings. The van der Waals surface area contributed by atoms with Gasteiger partial charge in [-0.2, -0.15) is 4.39 Å². The first-order chi connectivity index (χ1) is 19.0. The van der Waals surface area contributed by atoms with E-state index in [1.54, 1.807) is 12.1 Å². The summed E-state index contributed by atoms with van der Waals surface area (Å²) in [5.41, 5.74) is 3.87. The zero-order chi connectivity index (χ0) is 27.9. The maximum atomic E-state index is 14.7. The van der Waals surface area contributed by atoms with Crippen LogP contribution in [-0.4, -0.2) is 6.61 Å². The van der Waals surface area contributed by atoms with Crippen LogP contribution in [-0.2, 0) is 6.42 Å². The van der Waals surface area contributed by atoms with Crippen molar-refractivity contribution in [2.45, 2.75) is 104 Å². The summed E-state index contributed by atoms with van der Waals surface area (Å²) in [7, 11) is 0. The van der Waals surface area contributed by atoms with Gasteiger partial charge in [-0.25, -0.2) is 8.78 Å². The maximum absolute atomic E-state index is 14.7. The second-order valence-corrected chi connectivity index (χ2v) is 10.6. The molecule has 0 radical (unpaired) electrons. The second kappa shape index (κ2) is 17.0. The van der Waals surface area contributed by atoms with Crippen molar-refractivity contribution in [3.05, 3.63) is 77.6 Å². The Morgan fingerprint density at radius 2 is 1.00 bits per heavy atom. The number of hydrogen-bond donors (Lipinski definition) is 0. The van der Waals surface area contributed by atoms with Crippen molar-refractivity contribution >= 4 is 0 Å². The lowest BCUT2D eigenvalue weighted by Crippen LogP contribution is -2.03. The Balaban J connectivity index is 1.58. The molecule has 0 aliphatic rings. The Labute approximate surface area is 233 Å². The van der Waals surface area contributed by atoms with Crippen molar-refractivity contribution in [3.63, 3.8) is 0 Å². The van der Waals surface area contributed by atoms with Gasteiger partial charge in [-0.3, -0.25) is 0 Å². The third-order valence-electron chi connectivity index (χ3n) is 7.42. The number of rotatable bonds is 18. The van der Waals surface area contributed by atoms with E-state index in [9.17, 15) is 13.2 Å². The second-order valence-electron chi connectivity index (χ2n) is 10.6. The average molecular weight is 539 g/mol. The number of hydrogen-bond acceptors (Lipinski definition) is 1. The first-order valence-electron chi connectivity index (χ1n) is 15.0. The van der Waals surface area contributed by atoms with Gasteiger partial charge < -0.3 is 4.74 Å². The Morgan fingerprint density at radius 3 is 1.59 bits per heavy atom. The standard InChI is InChI=1S/C35H45F3O/c1-3-5-7-9-10-11-13-15-25-39-32-26-31(33(36)35(38)34(32)37)30-23-21-29(22-24-30)28-19-17-27(18-20-28)16-14-12-8-6-4-2/h17-24,26H,3-16,25H2,1-2H3. The van der Waals surface area contributed by atoms with Gasteiger partial charge in [-0.05, 0) is 47.6 Å². The minimum Gasteiger partial charge on any atom is -0.490 e. The third-order valence-corrected chi connectivity index (χ3v) is 7.42. The van der Waals surface area contributed by atoms with Crippen molar-refractivity contribution in [2.24, 2.45) is 0 Å². The van der Waals surface area contributed by atoms with Crippen LogP contribution in [0.3, 0.4) is 0 Å². The van der Waals surface area contributed by atoms with Crippen molar-refractivity contribution in [1.29, 1.82) is 0 Å². The van der Waals surface area contributed by atoms with Crippen LogP contribution < -0.4 is 4.74 Å². The quantitative estimate of drug-likeness (QED) is 0.116. The zero-order valence-corrected chi connectivity index (χ0v) is 23.8. The van der Waals surface area contributed by atoms with E-state index in [2.05, 4.69) is 38.1 Å². The molecular weight excluding hydrogens is 493 g/mol. The van der Waals surface area contributed by atoms with Crippen LogP contribution in [0.2, 0.25) is 0 Å². The molecule has 0 saturated carbocycles. The van der Waals surface area contributed by atoms with Crippen molar-refractivity contribution < 1.29 is 17.9 Å². The van der Waals surface area contributed by atoms with Gasteiger partial charge in [-0.1, -0.05) is 133 Å². The van der Waals surface area contributed by atoms with Crippen LogP contribution in [0.4, 0.5) is 13.2 Å². The number of unbranched alkanes of at least 4 members (excludes halogenated alkanes) is 11. The highest BCUT2D eigenvalue weighted by atomic mass is 19.2. The van der Waals surface area contributed by atoms with Crippen molar-refractivity contribution in [2.75, 3.05) is 6.61 Å². The molecule has 39 heavy (non-hydrogen) atoms.